The molecule has 0 atom stereocenters. The molecule has 0 radical (unpaired) electrons. The van der Waals surface area contributed by atoms with Gasteiger partial charge in [-0.3, -0.25) is 9.59 Å². The Balaban J connectivity index is 2.10. The third kappa shape index (κ3) is 5.63. The van der Waals surface area contributed by atoms with E-state index in [1.54, 1.807) is 36.4 Å². The fraction of sp³-hybridized carbons (Fsp3) is 0.130. The molecule has 0 saturated heterocycles. The Morgan fingerprint density at radius 2 is 1.88 bits per heavy atom. The lowest BCUT2D eigenvalue weighted by Crippen LogP contribution is -2.23. The van der Waals surface area contributed by atoms with Gasteiger partial charge in [0.05, 0.1) is 22.0 Å². The molecule has 3 rings (SSSR count). The van der Waals surface area contributed by atoms with Crippen molar-refractivity contribution in [3.63, 3.8) is 0 Å². The number of anilines is 1. The number of aromatic nitrogens is 2. The number of nitrogens with zero attached hydrogens (tertiary/aromatic N) is 4. The zero-order chi connectivity index (χ0) is 24.9. The molecule has 11 heteroatoms. The Hall–Kier alpha value is -4.09. The average Bonchev–Trinajstić information content (AvgIpc) is 2.79. The number of hydrogen-bond donors (Lipinski definition) is 2. The third-order valence-corrected chi connectivity index (χ3v) is 6.39. The molecule has 1 amide bonds. The Kier molecular flexibility index (Phi) is 7.39. The molecule has 3 N–H and O–H groups in total. The number of benzene rings is 2. The van der Waals surface area contributed by atoms with Crippen LogP contribution in [0, 0.1) is 0 Å². The molecule has 0 fully saturated rings. The highest BCUT2D eigenvalue weighted by Gasteiger charge is 2.18. The van der Waals surface area contributed by atoms with Gasteiger partial charge >= 0.3 is 0 Å². The zero-order valence-corrected chi connectivity index (χ0v) is 19.7. The minimum Gasteiger partial charge on any atom is -0.405 e. The van der Waals surface area contributed by atoms with Crippen molar-refractivity contribution in [1.29, 1.82) is 0 Å². The van der Waals surface area contributed by atoms with Gasteiger partial charge in [0, 0.05) is 39.0 Å². The molecule has 1 aromatic heterocycles. The highest BCUT2D eigenvalue weighted by atomic mass is 32.2. The summed E-state index contributed by atoms with van der Waals surface area (Å²) in [6.07, 6.45) is 4.11. The predicted molar refractivity (Wildman–Crippen MR) is 131 cm³/mol. The second-order valence-electron chi connectivity index (χ2n) is 7.35. The van der Waals surface area contributed by atoms with Crippen LogP contribution in [0.3, 0.4) is 0 Å². The topological polar surface area (TPSA) is 140 Å². The fourth-order valence-corrected chi connectivity index (χ4v) is 3.92. The van der Waals surface area contributed by atoms with Crippen LogP contribution in [0.1, 0.15) is 12.6 Å². The van der Waals surface area contributed by atoms with Crippen LogP contribution < -0.4 is 16.5 Å². The second-order valence-corrected chi connectivity index (χ2v) is 9.50. The lowest BCUT2D eigenvalue weighted by atomic mass is 10.2. The summed E-state index contributed by atoms with van der Waals surface area (Å²) in [5.41, 5.74) is 6.84. The Labute approximate surface area is 197 Å². The van der Waals surface area contributed by atoms with Crippen molar-refractivity contribution in [2.45, 2.75) is 11.8 Å². The van der Waals surface area contributed by atoms with Crippen LogP contribution >= 0.6 is 0 Å². The third-order valence-electron chi connectivity index (χ3n) is 4.58. The minimum atomic E-state index is -3.65. The molecule has 34 heavy (non-hydrogen) atoms. The molecule has 0 aliphatic heterocycles. The van der Waals surface area contributed by atoms with E-state index in [0.717, 1.165) is 4.31 Å². The summed E-state index contributed by atoms with van der Waals surface area (Å²) in [4.78, 5) is 28.6. The number of carbonyl (C=O) groups excluding carboxylic acids is 1. The van der Waals surface area contributed by atoms with E-state index >= 15 is 0 Å². The van der Waals surface area contributed by atoms with Crippen LogP contribution in [0.4, 0.5) is 11.4 Å². The first-order valence-electron chi connectivity index (χ1n) is 10.1. The van der Waals surface area contributed by atoms with E-state index in [0.29, 0.717) is 17.1 Å². The van der Waals surface area contributed by atoms with Gasteiger partial charge in [-0.25, -0.2) is 22.4 Å². The number of nitrogens with one attached hydrogen (secondary N) is 1. The van der Waals surface area contributed by atoms with E-state index < -0.39 is 15.5 Å². The lowest BCUT2D eigenvalue weighted by Gasteiger charge is -2.13. The first-order chi connectivity index (χ1) is 16.1. The minimum absolute atomic E-state index is 0.00926. The molecule has 0 bridgehead atoms. The fourth-order valence-electron chi connectivity index (χ4n) is 2.98. The molecule has 0 spiro atoms. The molecule has 3 aromatic rings. The van der Waals surface area contributed by atoms with Gasteiger partial charge in [-0.05, 0) is 48.7 Å². The molecule has 0 unspecified atom stereocenters. The van der Waals surface area contributed by atoms with E-state index in [2.05, 4.69) is 15.4 Å². The van der Waals surface area contributed by atoms with Gasteiger partial charge in [-0.1, -0.05) is 12.1 Å². The van der Waals surface area contributed by atoms with E-state index in [4.69, 9.17) is 5.73 Å². The molecule has 1 heterocycles. The van der Waals surface area contributed by atoms with E-state index in [1.165, 1.54) is 62.4 Å². The monoisotopic (exact) mass is 480 g/mol. The molecule has 0 aliphatic carbocycles. The first-order valence-corrected chi connectivity index (χ1v) is 11.5. The van der Waals surface area contributed by atoms with Crippen molar-refractivity contribution in [1.82, 2.24) is 14.1 Å². The molecule has 10 nitrogen and oxygen atoms in total. The Morgan fingerprint density at radius 1 is 1.15 bits per heavy atom. The molecular formula is C23H24N6O4S. The number of amides is 1. The van der Waals surface area contributed by atoms with Gasteiger partial charge in [0.2, 0.25) is 21.4 Å². The summed E-state index contributed by atoms with van der Waals surface area (Å²) in [6, 6.07) is 14.3. The molecule has 0 saturated carbocycles. The van der Waals surface area contributed by atoms with Crippen molar-refractivity contribution in [2.24, 2.45) is 10.7 Å². The van der Waals surface area contributed by atoms with Crippen LogP contribution in [0.25, 0.3) is 5.69 Å². The maximum Gasteiger partial charge on any atom is 0.242 e. The van der Waals surface area contributed by atoms with Crippen molar-refractivity contribution >= 4 is 33.0 Å². The van der Waals surface area contributed by atoms with Gasteiger partial charge < -0.3 is 11.1 Å². The van der Waals surface area contributed by atoms with E-state index in [1.807, 2.05) is 0 Å². The van der Waals surface area contributed by atoms with Crippen LogP contribution in [0.2, 0.25) is 0 Å². The zero-order valence-electron chi connectivity index (χ0n) is 18.8. The van der Waals surface area contributed by atoms with Crippen molar-refractivity contribution in [3.05, 3.63) is 89.0 Å². The maximum absolute atomic E-state index is 12.6. The summed E-state index contributed by atoms with van der Waals surface area (Å²) < 4.78 is 27.5. The van der Waals surface area contributed by atoms with Gasteiger partial charge in [0.1, 0.15) is 0 Å². The van der Waals surface area contributed by atoms with Gasteiger partial charge in [0.15, 0.2) is 5.69 Å². The highest BCUT2D eigenvalue weighted by Crippen LogP contribution is 2.20. The standard InChI is InChI=1S/C23H24N6O4S/c1-16(30)25-17-6-4-7-18(14-17)26-21(10-12-24)23-22(31)11-13-29(27-23)19-8-5-9-20(15-19)34(32,33)28(2)3/h4-15H,24H2,1-3H3,(H,25,30). The predicted octanol–water partition coefficient (Wildman–Crippen LogP) is 2.03. The molecule has 2 aromatic carbocycles. The quantitative estimate of drug-likeness (QED) is 0.496. The van der Waals surface area contributed by atoms with Crippen molar-refractivity contribution < 1.29 is 13.2 Å². The lowest BCUT2D eigenvalue weighted by molar-refractivity contribution is -0.114. The molecular weight excluding hydrogens is 456 g/mol. The number of rotatable bonds is 7. The smallest absolute Gasteiger partial charge is 0.242 e. The number of sulfonamides is 1. The summed E-state index contributed by atoms with van der Waals surface area (Å²) in [7, 11) is -0.765. The summed E-state index contributed by atoms with van der Waals surface area (Å²) in [5, 5.41) is 7.06. The highest BCUT2D eigenvalue weighted by molar-refractivity contribution is 7.89. The van der Waals surface area contributed by atoms with E-state index in [-0.39, 0.29) is 22.2 Å². The number of hydrogen-bond acceptors (Lipinski definition) is 7. The van der Waals surface area contributed by atoms with Crippen LogP contribution in [-0.4, -0.2) is 48.2 Å². The van der Waals surface area contributed by atoms with Crippen LogP contribution in [0.5, 0.6) is 0 Å². The number of aliphatic imine (C=N–C) groups is 1. The molecule has 0 aliphatic rings. The van der Waals surface area contributed by atoms with Crippen LogP contribution in [0.15, 0.2) is 87.8 Å². The van der Waals surface area contributed by atoms with Gasteiger partial charge in [0.25, 0.3) is 0 Å². The summed E-state index contributed by atoms with van der Waals surface area (Å²) >= 11 is 0. The molecule has 176 valence electrons. The average molecular weight is 481 g/mol. The van der Waals surface area contributed by atoms with Crippen LogP contribution in [-0.2, 0) is 14.8 Å². The van der Waals surface area contributed by atoms with Gasteiger partial charge in [-0.15, -0.1) is 0 Å². The first kappa shape index (κ1) is 24.6. The SMILES string of the molecule is CC(=O)Nc1cccc(N=C(C=CN)c2nn(-c3cccc(S(=O)(=O)N(C)C)c3)ccc2=O)c1. The van der Waals surface area contributed by atoms with E-state index in [9.17, 15) is 18.0 Å². The summed E-state index contributed by atoms with van der Waals surface area (Å²) in [5.74, 6) is -0.227. The van der Waals surface area contributed by atoms with Crippen molar-refractivity contribution in [2.75, 3.05) is 19.4 Å². The van der Waals surface area contributed by atoms with Gasteiger partial charge in [-0.2, -0.15) is 5.10 Å². The number of carbonyl (C=O) groups is 1. The summed E-state index contributed by atoms with van der Waals surface area (Å²) in [6.45, 7) is 1.40. The Morgan fingerprint density at radius 3 is 2.56 bits per heavy atom. The number of nitrogens with two attached hydrogens (primary N) is 1. The largest absolute Gasteiger partial charge is 0.405 e. The second kappa shape index (κ2) is 10.2. The maximum atomic E-state index is 12.6. The van der Waals surface area contributed by atoms with Crippen molar-refractivity contribution in [3.8, 4) is 5.69 Å². The Bertz CT molecular complexity index is 1440. The normalized spacial score (nSPS) is 12.3. The number of allylic oxidation sites excluding steroid dienone is 1.